The molecule has 20 rings (SSSR count). The van der Waals surface area contributed by atoms with E-state index in [0.29, 0.717) is 33.8 Å². The van der Waals surface area contributed by atoms with Crippen LogP contribution in [0.2, 0.25) is 18.6 Å². The van der Waals surface area contributed by atoms with Crippen LogP contribution in [0.1, 0.15) is 110 Å². The number of hydrogen-bond acceptors (Lipinski definition) is 12. The Morgan fingerprint density at radius 3 is 0.792 bits per heavy atom. The zero-order valence-electron chi connectivity index (χ0n) is 84.0. The van der Waals surface area contributed by atoms with E-state index in [1.165, 1.54) is 128 Å². The molecule has 27 heteroatoms. The van der Waals surface area contributed by atoms with Gasteiger partial charge in [-0.15, -0.1) is 0 Å². The van der Waals surface area contributed by atoms with Crippen LogP contribution in [0.15, 0.2) is 462 Å². The smallest absolute Gasteiger partial charge is 0 e. The quantitative estimate of drug-likeness (QED) is 0.0198. The number of hydrogen-bond donors (Lipinski definition) is 2. The van der Waals surface area contributed by atoms with Crippen LogP contribution in [0.5, 0.6) is 0 Å². The Morgan fingerprint density at radius 1 is 0.295 bits per heavy atom. The first-order valence-electron chi connectivity index (χ1n) is 49.6. The second-order valence-corrected chi connectivity index (χ2v) is 57.3. The minimum absolute atomic E-state index is 0. The van der Waals surface area contributed by atoms with Crippen molar-refractivity contribution in [1.82, 2.24) is 59.0 Å². The Morgan fingerprint density at radius 2 is 0.550 bits per heavy atom. The number of unbranched alkanes of at least 4 members (excludes halogenated alkanes) is 3. The zero-order valence-corrected chi connectivity index (χ0v) is 92.8. The number of pyridine rings is 4. The summed E-state index contributed by atoms with van der Waals surface area (Å²) in [7, 11) is -1.78. The Balaban J connectivity index is 0.000000146. The molecule has 20 aromatic rings. The fourth-order valence-corrected chi connectivity index (χ4v) is 41.5. The van der Waals surface area contributed by atoms with Gasteiger partial charge in [-0.2, -0.15) is 36.3 Å². The van der Waals surface area contributed by atoms with Crippen molar-refractivity contribution >= 4 is 174 Å². The molecule has 0 amide bonds. The minimum Gasteiger partial charge on any atom is -0.0622 e. The van der Waals surface area contributed by atoms with E-state index in [1.54, 1.807) is 45.3 Å². The number of nitrogens with one attached hydrogen (secondary N) is 2. The van der Waals surface area contributed by atoms with Crippen molar-refractivity contribution in [2.75, 3.05) is 10.6 Å². The molecule has 0 saturated heterocycles. The summed E-state index contributed by atoms with van der Waals surface area (Å²) >= 11 is 3.72. The van der Waals surface area contributed by atoms with Gasteiger partial charge in [-0.1, -0.05) is 370 Å². The van der Waals surface area contributed by atoms with Crippen LogP contribution in [0, 0.1) is 0 Å². The van der Waals surface area contributed by atoms with Crippen molar-refractivity contribution in [1.29, 1.82) is 0 Å². The van der Waals surface area contributed by atoms with Gasteiger partial charge in [0, 0.05) is 62.5 Å². The summed E-state index contributed by atoms with van der Waals surface area (Å²) in [5.41, 5.74) is 0.829. The first-order chi connectivity index (χ1) is 72.2. The monoisotopic (exact) mass is 2280 g/mol. The molecule has 0 atom stereocenters. The average molecular weight is 2280 g/mol. The fourth-order valence-electron chi connectivity index (χ4n) is 16.6. The Labute approximate surface area is 898 Å². The Kier molecular flexibility index (Phi) is 44.2. The molecule has 8 aromatic heterocycles. The van der Waals surface area contributed by atoms with Crippen molar-refractivity contribution in [3.8, 4) is 11.5 Å². The molecule has 0 aliphatic rings. The number of alkyl halides is 6. The summed E-state index contributed by atoms with van der Waals surface area (Å²) < 4.78 is 87.0. The van der Waals surface area contributed by atoms with E-state index in [9.17, 15) is 26.3 Å². The van der Waals surface area contributed by atoms with Crippen LogP contribution < -0.4 is 78.0 Å². The van der Waals surface area contributed by atoms with Gasteiger partial charge in [0.2, 0.25) is 5.28 Å². The number of fused-ring (bicyclic) bond motifs is 2. The average Bonchev–Trinajstić information content (AvgIpc) is 1.55. The van der Waals surface area contributed by atoms with Crippen LogP contribution in [0.25, 0.3) is 33.8 Å². The molecule has 2 N–H and O–H groups in total. The first kappa shape index (κ1) is 113. The molecule has 0 spiro atoms. The minimum atomic E-state index is -4.54. The summed E-state index contributed by atoms with van der Waals surface area (Å²) in [4.78, 5) is 41.6. The second-order valence-electron chi connectivity index (χ2n) is 35.1. The topological polar surface area (TPSA) is 163 Å². The van der Waals surface area contributed by atoms with E-state index < -0.39 is 73.8 Å². The van der Waals surface area contributed by atoms with E-state index >= 15 is 0 Å². The van der Waals surface area contributed by atoms with Gasteiger partial charge in [0.1, 0.15) is 17.1 Å². The van der Waals surface area contributed by atoms with Gasteiger partial charge < -0.3 is 19.8 Å². The maximum absolute atomic E-state index is 13.0. The Hall–Kier alpha value is -13.0. The summed E-state index contributed by atoms with van der Waals surface area (Å²) in [6.45, 7) is 14.8. The first-order valence-corrected chi connectivity index (χ1v) is 62.8. The molecule has 0 fully saturated rings. The molecule has 0 bridgehead atoms. The van der Waals surface area contributed by atoms with Gasteiger partial charge in [0.25, 0.3) is 0 Å². The van der Waals surface area contributed by atoms with Gasteiger partial charge in [-0.05, 0) is 171 Å². The SMILES string of the molecule is CC(C)n1cnc2c(Nc3ccnc(C(F)(F)F)c3)nc(-c3ccccn3)nc21.CC(C)n1cnc2c(Nc3ccnc(C(F)(F)F)c3)nc(Cl)nc21.CCC[CH2][Sn]([CH2]CCC)([CH2]CCC)[c]1ccccn1.[Pd].c1ccc(P(c2ccccc2)c2ccccc2)cc1.c1ccc(P(c2ccccc2)c2ccccc2)cc1.c1ccc(P(c2ccccc2)c2ccccc2)cc1.c1ccc(P(c2ccccc2)c2ccccc2)cc1. The fraction of sp³-hybridized carbons (Fsp3) is 0.164. The molecular formula is C122H119ClF6N14P4PdSn. The predicted octanol–water partition coefficient (Wildman–Crippen LogP) is 27.8. The molecule has 760 valence electrons. The molecule has 0 saturated carbocycles. The van der Waals surface area contributed by atoms with Gasteiger partial charge in [0.05, 0.1) is 12.7 Å². The normalized spacial score (nSPS) is 11.2. The maximum Gasteiger partial charge on any atom is 0 e. The molecular weight excluding hydrogens is 2160 g/mol. The summed E-state index contributed by atoms with van der Waals surface area (Å²) in [6.07, 6.45) is 8.20. The largest absolute Gasteiger partial charge is 0.0622 e. The summed E-state index contributed by atoms with van der Waals surface area (Å²) in [6, 6.07) is 146. The third-order valence-electron chi connectivity index (χ3n) is 23.9. The van der Waals surface area contributed by atoms with Crippen LogP contribution in [0.4, 0.5) is 49.4 Å². The van der Waals surface area contributed by atoms with Gasteiger partial charge in [0.15, 0.2) is 39.8 Å². The molecule has 149 heavy (non-hydrogen) atoms. The number of anilines is 4. The molecule has 0 unspecified atom stereocenters. The van der Waals surface area contributed by atoms with Gasteiger partial charge in [-0.25, -0.2) is 19.9 Å². The van der Waals surface area contributed by atoms with Crippen LogP contribution in [-0.4, -0.2) is 77.4 Å². The standard InChI is InChI=1S/C19H16F3N7.4C18H15P.C14H12ClF3N6.C5H4N.3C4H9.Pd.Sn/c1-11(2)29-10-25-15-17(26-12-6-8-24-14(9-12)19(20,21)22)27-16(28-18(15)29)13-5-3-4-7-23-13;4*1-4-10-16(11-5-1)19(17-12-6-2-7-13-17)18-14-8-3-9-15-18;1-7(2)24-6-20-10-11(22-13(15)23-12(10)24)21-8-3-4-19-9(5-8)14(16,17)18;1-2-4-6-5-3-1;3*1-3-4-2;;/h3-11H,1-2H3,(H,24,26,27,28);4*1-15H;3-7H,1-2H3,(H,19,21,22,23);1-4H;3*1,3-4H2,2H3;;. The zero-order chi connectivity index (χ0) is 104. The molecule has 0 aliphatic heterocycles. The number of imidazole rings is 2. The van der Waals surface area contributed by atoms with E-state index in [4.69, 9.17) is 16.6 Å². The molecule has 0 aliphatic carbocycles. The van der Waals surface area contributed by atoms with Crippen LogP contribution >= 0.6 is 43.3 Å². The van der Waals surface area contributed by atoms with Gasteiger partial charge >= 0.3 is 136 Å². The second kappa shape index (κ2) is 58.2. The van der Waals surface area contributed by atoms with Crippen molar-refractivity contribution < 1.29 is 46.8 Å². The number of aromatic nitrogens is 12. The molecule has 14 nitrogen and oxygen atoms in total. The maximum atomic E-state index is 13.0. The van der Waals surface area contributed by atoms with Crippen molar-refractivity contribution in [2.24, 2.45) is 0 Å². The summed E-state index contributed by atoms with van der Waals surface area (Å²) in [5.74, 6) is 0.853. The van der Waals surface area contributed by atoms with E-state index in [0.717, 1.165) is 24.5 Å². The van der Waals surface area contributed by atoms with Crippen molar-refractivity contribution in [2.45, 2.75) is 125 Å². The number of nitrogens with zero attached hydrogens (tertiary/aromatic N) is 12. The molecule has 8 heterocycles. The molecule has 0 radical (unpaired) electrons. The summed E-state index contributed by atoms with van der Waals surface area (Å²) in [5, 5.41) is 22.5. The predicted molar refractivity (Wildman–Crippen MR) is 614 cm³/mol. The van der Waals surface area contributed by atoms with E-state index in [-0.39, 0.29) is 60.8 Å². The Bertz CT molecular complexity index is 6420. The number of rotatable bonds is 29. The van der Waals surface area contributed by atoms with E-state index in [1.807, 2.05) is 38.5 Å². The van der Waals surface area contributed by atoms with Crippen LogP contribution in [-0.2, 0) is 32.8 Å². The number of halogens is 7. The third-order valence-corrected chi connectivity index (χ3v) is 49.0. The van der Waals surface area contributed by atoms with E-state index in [2.05, 4.69) is 458 Å². The van der Waals surface area contributed by atoms with Crippen molar-refractivity contribution in [3.63, 3.8) is 0 Å². The third kappa shape index (κ3) is 32.8. The molecule has 12 aromatic carbocycles. The van der Waals surface area contributed by atoms with Crippen LogP contribution in [0.3, 0.4) is 0 Å². The number of benzene rings is 12. The van der Waals surface area contributed by atoms with Crippen molar-refractivity contribution in [3.05, 3.63) is 479 Å². The van der Waals surface area contributed by atoms with Gasteiger partial charge in [-0.3, -0.25) is 15.0 Å².